The number of nitrogens with zero attached hydrogens (tertiary/aromatic N) is 2. The van der Waals surface area contributed by atoms with Crippen molar-refractivity contribution in [1.82, 2.24) is 0 Å². The second kappa shape index (κ2) is 4.98. The van der Waals surface area contributed by atoms with E-state index in [4.69, 9.17) is 0 Å². The summed E-state index contributed by atoms with van der Waals surface area (Å²) in [6.07, 6.45) is 0. The molecule has 0 aliphatic rings. The smallest absolute Gasteiger partial charge is 0.108 e. The Kier molecular flexibility index (Phi) is 3.20. The van der Waals surface area contributed by atoms with Crippen LogP contribution in [-0.2, 0) is 0 Å². The van der Waals surface area contributed by atoms with Crippen LogP contribution in [0.2, 0.25) is 0 Å². The number of hydrogen-bond acceptors (Lipinski definition) is 5. The maximum absolute atomic E-state index is 10.2. The van der Waals surface area contributed by atoms with Crippen molar-refractivity contribution in [3.63, 3.8) is 0 Å². The van der Waals surface area contributed by atoms with Crippen LogP contribution in [0.25, 0.3) is 0 Å². The zero-order valence-electron chi connectivity index (χ0n) is 8.83. The molecule has 0 radical (unpaired) electrons. The fraction of sp³-hybridized carbons (Fsp3) is 0. The van der Waals surface area contributed by atoms with E-state index in [0.29, 0.717) is 11.4 Å². The predicted molar refractivity (Wildman–Crippen MR) is 67.1 cm³/mol. The van der Waals surface area contributed by atoms with Gasteiger partial charge in [-0.15, -0.1) is 9.81 Å². The molecular weight excluding hydrogens is 218 g/mol. The molecule has 17 heavy (non-hydrogen) atoms. The lowest BCUT2D eigenvalue weighted by molar-refractivity contribution is 1.46. The summed E-state index contributed by atoms with van der Waals surface area (Å²) in [5.41, 5.74) is 2.44. The van der Waals surface area contributed by atoms with Crippen LogP contribution in [0.15, 0.2) is 58.9 Å². The van der Waals surface area contributed by atoms with Crippen LogP contribution in [0, 0.1) is 9.81 Å². The van der Waals surface area contributed by atoms with Crippen molar-refractivity contribution in [1.29, 1.82) is 0 Å². The second-order valence-corrected chi connectivity index (χ2v) is 3.40. The molecule has 0 amide bonds. The summed E-state index contributed by atoms with van der Waals surface area (Å²) in [6, 6.07) is 13.5. The highest BCUT2D eigenvalue weighted by Gasteiger charge is 1.96. The molecule has 84 valence electrons. The molecular formula is C12H9N3O2. The van der Waals surface area contributed by atoms with Gasteiger partial charge < -0.3 is 5.32 Å². The van der Waals surface area contributed by atoms with Crippen molar-refractivity contribution < 1.29 is 0 Å². The third-order valence-electron chi connectivity index (χ3n) is 2.23. The van der Waals surface area contributed by atoms with Crippen molar-refractivity contribution >= 4 is 22.7 Å². The van der Waals surface area contributed by atoms with Gasteiger partial charge in [0.1, 0.15) is 11.4 Å². The minimum absolute atomic E-state index is 0.385. The lowest BCUT2D eigenvalue weighted by Crippen LogP contribution is -1.88. The van der Waals surface area contributed by atoms with Gasteiger partial charge in [-0.3, -0.25) is 0 Å². The molecule has 1 N–H and O–H groups in total. The van der Waals surface area contributed by atoms with Gasteiger partial charge in [0.25, 0.3) is 0 Å². The molecule has 0 saturated heterocycles. The third-order valence-corrected chi connectivity index (χ3v) is 2.23. The molecule has 2 aromatic carbocycles. The Balaban J connectivity index is 2.13. The predicted octanol–water partition coefficient (Wildman–Crippen LogP) is 4.23. The molecule has 0 atom stereocenters. The Bertz CT molecular complexity index is 471. The molecule has 0 heterocycles. The first-order valence-electron chi connectivity index (χ1n) is 4.96. The summed E-state index contributed by atoms with van der Waals surface area (Å²) < 4.78 is 0. The summed E-state index contributed by atoms with van der Waals surface area (Å²) in [5, 5.41) is 8.75. The number of anilines is 2. The molecule has 2 rings (SSSR count). The van der Waals surface area contributed by atoms with Gasteiger partial charge in [-0.05, 0) is 58.9 Å². The SMILES string of the molecule is O=Nc1ccc(Nc2ccc(N=O)cc2)cc1. The lowest BCUT2D eigenvalue weighted by atomic mass is 10.2. The van der Waals surface area contributed by atoms with Crippen LogP contribution >= 0.6 is 0 Å². The Morgan fingerprint density at radius 2 is 1.00 bits per heavy atom. The number of nitrogens with one attached hydrogen (secondary N) is 1. The first kappa shape index (κ1) is 10.9. The van der Waals surface area contributed by atoms with E-state index in [-0.39, 0.29) is 0 Å². The van der Waals surface area contributed by atoms with Gasteiger partial charge in [-0.1, -0.05) is 0 Å². The summed E-state index contributed by atoms with van der Waals surface area (Å²) in [6.45, 7) is 0. The first-order valence-corrected chi connectivity index (χ1v) is 4.96. The van der Waals surface area contributed by atoms with E-state index in [9.17, 15) is 9.81 Å². The molecule has 0 unspecified atom stereocenters. The number of hydrogen-bond donors (Lipinski definition) is 1. The van der Waals surface area contributed by atoms with E-state index in [1.165, 1.54) is 0 Å². The van der Waals surface area contributed by atoms with Gasteiger partial charge in [0.2, 0.25) is 0 Å². The van der Waals surface area contributed by atoms with Crippen LogP contribution in [0.3, 0.4) is 0 Å². The molecule has 0 bridgehead atoms. The van der Waals surface area contributed by atoms with Gasteiger partial charge >= 0.3 is 0 Å². The monoisotopic (exact) mass is 227 g/mol. The molecule has 0 aliphatic heterocycles. The van der Waals surface area contributed by atoms with Gasteiger partial charge in [-0.25, -0.2) is 0 Å². The van der Waals surface area contributed by atoms with Crippen LogP contribution in [0.5, 0.6) is 0 Å². The van der Waals surface area contributed by atoms with E-state index >= 15 is 0 Å². The standard InChI is InChI=1S/C12H9N3O2/c16-14-11-5-1-9(2-6-11)13-10-3-7-12(15-17)8-4-10/h1-8,13H. The number of benzene rings is 2. The van der Waals surface area contributed by atoms with Gasteiger partial charge in [0.05, 0.1) is 0 Å². The molecule has 0 spiro atoms. The van der Waals surface area contributed by atoms with Crippen LogP contribution in [-0.4, -0.2) is 0 Å². The van der Waals surface area contributed by atoms with E-state index in [0.717, 1.165) is 11.4 Å². The highest BCUT2D eigenvalue weighted by atomic mass is 16.3. The van der Waals surface area contributed by atoms with Crippen LogP contribution < -0.4 is 5.32 Å². The highest BCUT2D eigenvalue weighted by Crippen LogP contribution is 2.22. The topological polar surface area (TPSA) is 70.9 Å². The van der Waals surface area contributed by atoms with Crippen molar-refractivity contribution in [3.05, 3.63) is 58.3 Å². The van der Waals surface area contributed by atoms with Gasteiger partial charge in [-0.2, -0.15) is 0 Å². The Morgan fingerprint density at radius 1 is 0.647 bits per heavy atom. The maximum Gasteiger partial charge on any atom is 0.108 e. The zero-order valence-corrected chi connectivity index (χ0v) is 8.83. The second-order valence-electron chi connectivity index (χ2n) is 3.40. The van der Waals surface area contributed by atoms with Gasteiger partial charge in [0, 0.05) is 11.4 Å². The minimum Gasteiger partial charge on any atom is -0.356 e. The zero-order chi connectivity index (χ0) is 12.1. The number of rotatable bonds is 4. The largest absolute Gasteiger partial charge is 0.356 e. The van der Waals surface area contributed by atoms with Crippen LogP contribution in [0.4, 0.5) is 22.7 Å². The fourth-order valence-electron chi connectivity index (χ4n) is 1.38. The average molecular weight is 227 g/mol. The Hall–Kier alpha value is -2.56. The average Bonchev–Trinajstić information content (AvgIpc) is 2.40. The fourth-order valence-corrected chi connectivity index (χ4v) is 1.38. The number of nitroso groups, excluding NO2 is 2. The van der Waals surface area contributed by atoms with Crippen LogP contribution in [0.1, 0.15) is 0 Å². The van der Waals surface area contributed by atoms with Crippen molar-refractivity contribution in [2.45, 2.75) is 0 Å². The molecule has 0 saturated carbocycles. The van der Waals surface area contributed by atoms with Gasteiger partial charge in [0.15, 0.2) is 0 Å². The lowest BCUT2D eigenvalue weighted by Gasteiger charge is -2.05. The Morgan fingerprint density at radius 3 is 1.29 bits per heavy atom. The molecule has 0 aliphatic carbocycles. The maximum atomic E-state index is 10.2. The summed E-state index contributed by atoms with van der Waals surface area (Å²) >= 11 is 0. The summed E-state index contributed by atoms with van der Waals surface area (Å²) in [4.78, 5) is 20.5. The Labute approximate surface area is 97.4 Å². The molecule has 5 nitrogen and oxygen atoms in total. The minimum atomic E-state index is 0.385. The first-order chi connectivity index (χ1) is 8.31. The molecule has 5 heteroatoms. The summed E-state index contributed by atoms with van der Waals surface area (Å²) in [7, 11) is 0. The third kappa shape index (κ3) is 2.72. The van der Waals surface area contributed by atoms with Crippen molar-refractivity contribution in [3.8, 4) is 0 Å². The van der Waals surface area contributed by atoms with Crippen molar-refractivity contribution in [2.75, 3.05) is 5.32 Å². The molecule has 0 aromatic heterocycles. The van der Waals surface area contributed by atoms with E-state index in [1.54, 1.807) is 48.5 Å². The van der Waals surface area contributed by atoms with E-state index in [2.05, 4.69) is 15.7 Å². The normalized spacial score (nSPS) is 9.65. The summed E-state index contributed by atoms with van der Waals surface area (Å²) in [5.74, 6) is 0. The molecule has 0 fully saturated rings. The van der Waals surface area contributed by atoms with Crippen molar-refractivity contribution in [2.24, 2.45) is 10.4 Å². The van der Waals surface area contributed by atoms with E-state index in [1.807, 2.05) is 0 Å². The quantitative estimate of drug-likeness (QED) is 0.794. The van der Waals surface area contributed by atoms with E-state index < -0.39 is 0 Å². The molecule has 2 aromatic rings. The highest BCUT2D eigenvalue weighted by molar-refractivity contribution is 5.63.